The van der Waals surface area contributed by atoms with E-state index in [9.17, 15) is 9.59 Å². The van der Waals surface area contributed by atoms with Crippen molar-refractivity contribution < 1.29 is 40.2 Å². The lowest BCUT2D eigenvalue weighted by atomic mass is 10.1. The molecule has 0 saturated heterocycles. The number of aliphatic carboxylic acids is 2. The summed E-state index contributed by atoms with van der Waals surface area (Å²) in [6.07, 6.45) is 16.2. The highest BCUT2D eigenvalue weighted by molar-refractivity contribution is 5.66. The molecule has 0 spiro atoms. The number of aliphatic hydroxyl groups excluding tert-OH is 4. The van der Waals surface area contributed by atoms with Crippen LogP contribution in [0.25, 0.3) is 0 Å². The van der Waals surface area contributed by atoms with Gasteiger partial charge in [0.15, 0.2) is 0 Å². The molecule has 0 aromatic rings. The van der Waals surface area contributed by atoms with Crippen LogP contribution in [0.15, 0.2) is 0 Å². The molecule has 0 amide bonds. The van der Waals surface area contributed by atoms with Crippen molar-refractivity contribution in [2.75, 3.05) is 13.2 Å². The van der Waals surface area contributed by atoms with Crippen LogP contribution in [-0.2, 0) is 9.59 Å². The van der Waals surface area contributed by atoms with Crippen molar-refractivity contribution in [3.05, 3.63) is 0 Å². The van der Waals surface area contributed by atoms with Crippen LogP contribution in [0, 0.1) is 0 Å². The highest BCUT2D eigenvalue weighted by Crippen LogP contribution is 2.10. The fraction of sp³-hybridized carbons (Fsp3) is 0.923. The number of carboxylic acids is 2. The Balaban J connectivity index is -0.000000195. The third-order valence-electron chi connectivity index (χ3n) is 4.52. The highest BCUT2D eigenvalue weighted by Gasteiger charge is 1.96. The predicted octanol–water partition coefficient (Wildman–Crippen LogP) is 5.14. The first-order valence-corrected chi connectivity index (χ1v) is 13.1. The van der Waals surface area contributed by atoms with Crippen molar-refractivity contribution in [2.24, 2.45) is 0 Å². The van der Waals surface area contributed by atoms with Gasteiger partial charge >= 0.3 is 11.9 Å². The van der Waals surface area contributed by atoms with Crippen molar-refractivity contribution >= 4 is 11.9 Å². The second-order valence-electron chi connectivity index (χ2n) is 8.59. The maximum Gasteiger partial charge on any atom is 0.303 e. The standard InChI is InChI=1S/C12H24O2.C8H16O2.2C3H8O2/c1-2-3-4-5-6-7-8-9-10-11-12(13)14;1-2-3-4-5-6-7-8(9)10;2*1-3(5)2-4/h2-11H2,1H3,(H,13,14);2-7H2,1H3,(H,9,10);2*3-5H,2H2,1H3. The van der Waals surface area contributed by atoms with E-state index in [1.807, 2.05) is 0 Å². The zero-order valence-corrected chi connectivity index (χ0v) is 22.4. The van der Waals surface area contributed by atoms with E-state index in [4.69, 9.17) is 30.6 Å². The molecule has 0 rings (SSSR count). The molecule has 0 saturated carbocycles. The highest BCUT2D eigenvalue weighted by atomic mass is 16.4. The summed E-state index contributed by atoms with van der Waals surface area (Å²) in [4.78, 5) is 20.2. The lowest BCUT2D eigenvalue weighted by Gasteiger charge is -2.00. The molecule has 8 nitrogen and oxygen atoms in total. The maximum atomic E-state index is 10.2. The topological polar surface area (TPSA) is 156 Å². The minimum absolute atomic E-state index is 0.139. The molecule has 0 aromatic heterocycles. The number of aliphatic hydroxyl groups is 4. The Hall–Kier alpha value is -1.22. The first-order chi connectivity index (χ1) is 16.1. The van der Waals surface area contributed by atoms with Gasteiger partial charge in [-0.05, 0) is 26.7 Å². The second kappa shape index (κ2) is 36.4. The molecule has 0 fully saturated rings. The SMILES string of the molecule is CC(O)CO.CC(O)CO.CCCCCCCC(=O)O.CCCCCCCCCCCC(=O)O. The molecule has 0 radical (unpaired) electrons. The largest absolute Gasteiger partial charge is 0.481 e. The average Bonchev–Trinajstić information content (AvgIpc) is 2.78. The van der Waals surface area contributed by atoms with Gasteiger partial charge in [-0.2, -0.15) is 0 Å². The molecule has 2 unspecified atom stereocenters. The molecule has 208 valence electrons. The van der Waals surface area contributed by atoms with Gasteiger partial charge in [-0.1, -0.05) is 90.9 Å². The normalized spacial score (nSPS) is 11.5. The summed E-state index contributed by atoms with van der Waals surface area (Å²) in [5, 5.41) is 48.7. The van der Waals surface area contributed by atoms with E-state index in [2.05, 4.69) is 13.8 Å². The molecule has 2 atom stereocenters. The van der Waals surface area contributed by atoms with Gasteiger partial charge in [0.2, 0.25) is 0 Å². The summed E-state index contributed by atoms with van der Waals surface area (Å²) < 4.78 is 0. The van der Waals surface area contributed by atoms with Gasteiger partial charge in [0.1, 0.15) is 0 Å². The first-order valence-electron chi connectivity index (χ1n) is 13.1. The van der Waals surface area contributed by atoms with Gasteiger partial charge in [-0.25, -0.2) is 0 Å². The van der Waals surface area contributed by atoms with Crippen molar-refractivity contribution in [3.63, 3.8) is 0 Å². The van der Waals surface area contributed by atoms with Crippen LogP contribution in [0.5, 0.6) is 0 Å². The second-order valence-corrected chi connectivity index (χ2v) is 8.59. The smallest absolute Gasteiger partial charge is 0.303 e. The van der Waals surface area contributed by atoms with E-state index in [0.717, 1.165) is 25.7 Å². The van der Waals surface area contributed by atoms with Crippen molar-refractivity contribution in [1.29, 1.82) is 0 Å². The van der Waals surface area contributed by atoms with Gasteiger partial charge in [0, 0.05) is 12.8 Å². The lowest BCUT2D eigenvalue weighted by molar-refractivity contribution is -0.138. The molecule has 34 heavy (non-hydrogen) atoms. The molecule has 6 N–H and O–H groups in total. The molecule has 0 aliphatic heterocycles. The van der Waals surface area contributed by atoms with Crippen LogP contribution in [0.4, 0.5) is 0 Å². The minimum Gasteiger partial charge on any atom is -0.481 e. The summed E-state index contributed by atoms with van der Waals surface area (Å²) in [5.41, 5.74) is 0. The van der Waals surface area contributed by atoms with Gasteiger partial charge in [0.25, 0.3) is 0 Å². The summed E-state index contributed by atoms with van der Waals surface area (Å²) in [5.74, 6) is -1.33. The number of unbranched alkanes of at least 4 members (excludes halogenated alkanes) is 12. The van der Waals surface area contributed by atoms with Gasteiger partial charge in [0.05, 0.1) is 25.4 Å². The molecular weight excluding hydrogens is 440 g/mol. The van der Waals surface area contributed by atoms with E-state index < -0.39 is 24.1 Å². The Morgan fingerprint density at radius 1 is 0.529 bits per heavy atom. The van der Waals surface area contributed by atoms with Crippen molar-refractivity contribution in [2.45, 2.75) is 143 Å². The average molecular weight is 497 g/mol. The molecule has 8 heteroatoms. The fourth-order valence-corrected chi connectivity index (χ4v) is 2.47. The Bertz CT molecular complexity index is 379. The summed E-state index contributed by atoms with van der Waals surface area (Å²) in [6.45, 7) is 7.16. The van der Waals surface area contributed by atoms with Crippen molar-refractivity contribution in [1.82, 2.24) is 0 Å². The molecular formula is C26H56O8. The van der Waals surface area contributed by atoms with E-state index in [0.29, 0.717) is 12.8 Å². The van der Waals surface area contributed by atoms with Crippen molar-refractivity contribution in [3.8, 4) is 0 Å². The number of hydrogen-bond acceptors (Lipinski definition) is 6. The monoisotopic (exact) mass is 496 g/mol. The van der Waals surface area contributed by atoms with Gasteiger partial charge in [-0.15, -0.1) is 0 Å². The quantitative estimate of drug-likeness (QED) is 0.142. The third kappa shape index (κ3) is 63.2. The van der Waals surface area contributed by atoms with Crippen LogP contribution < -0.4 is 0 Å². The summed E-state index contributed by atoms with van der Waals surface area (Å²) in [6, 6.07) is 0. The number of carbonyl (C=O) groups is 2. The van der Waals surface area contributed by atoms with Crippen LogP contribution >= 0.6 is 0 Å². The predicted molar refractivity (Wildman–Crippen MR) is 138 cm³/mol. The first kappa shape index (κ1) is 40.0. The zero-order chi connectivity index (χ0) is 27.0. The minimum atomic E-state index is -0.670. The maximum absolute atomic E-state index is 10.2. The fourth-order valence-electron chi connectivity index (χ4n) is 2.47. The molecule has 0 heterocycles. The molecule has 0 aliphatic rings. The van der Waals surface area contributed by atoms with E-state index >= 15 is 0 Å². The lowest BCUT2D eigenvalue weighted by Crippen LogP contribution is -2.03. The Kier molecular flexibility index (Phi) is 42.7. The van der Waals surface area contributed by atoms with Crippen LogP contribution in [0.3, 0.4) is 0 Å². The van der Waals surface area contributed by atoms with Crippen LogP contribution in [0.1, 0.15) is 130 Å². The van der Waals surface area contributed by atoms with E-state index in [1.165, 1.54) is 78.1 Å². The molecule has 0 bridgehead atoms. The van der Waals surface area contributed by atoms with Gasteiger partial charge < -0.3 is 30.6 Å². The Morgan fingerprint density at radius 3 is 0.912 bits per heavy atom. The summed E-state index contributed by atoms with van der Waals surface area (Å²) in [7, 11) is 0. The Labute approximate surface area is 208 Å². The van der Waals surface area contributed by atoms with Crippen LogP contribution in [-0.4, -0.2) is 68.0 Å². The van der Waals surface area contributed by atoms with Gasteiger partial charge in [-0.3, -0.25) is 9.59 Å². The number of rotatable bonds is 18. The summed E-state index contributed by atoms with van der Waals surface area (Å²) >= 11 is 0. The molecule has 0 aliphatic carbocycles. The third-order valence-corrected chi connectivity index (χ3v) is 4.52. The van der Waals surface area contributed by atoms with E-state index in [-0.39, 0.29) is 13.2 Å². The van der Waals surface area contributed by atoms with E-state index in [1.54, 1.807) is 0 Å². The Morgan fingerprint density at radius 2 is 0.735 bits per heavy atom. The zero-order valence-electron chi connectivity index (χ0n) is 22.4. The van der Waals surface area contributed by atoms with Crippen LogP contribution in [0.2, 0.25) is 0 Å². The number of carboxylic acid groups (broad SMARTS) is 2. The number of hydrogen-bond donors (Lipinski definition) is 6. The molecule has 0 aromatic carbocycles.